The van der Waals surface area contributed by atoms with Gasteiger partial charge in [0.05, 0.1) is 16.8 Å². The van der Waals surface area contributed by atoms with E-state index in [1.807, 2.05) is 46.4 Å². The molecule has 0 unspecified atom stereocenters. The summed E-state index contributed by atoms with van der Waals surface area (Å²) in [4.78, 5) is 42.5. The molecular weight excluding hydrogens is 487 g/mol. The number of fused-ring (bicyclic) bond motifs is 1. The lowest BCUT2D eigenvalue weighted by Crippen LogP contribution is -2.50. The molecule has 192 valence electrons. The number of carbonyl (C=O) groups is 1. The number of piperazine rings is 1. The summed E-state index contributed by atoms with van der Waals surface area (Å²) in [6.07, 6.45) is 1.29. The third-order valence-electron chi connectivity index (χ3n) is 5.91. The number of carbonyl (C=O) groups excluding carboxylic acids is 1. The number of ether oxygens (including phenoxy) is 1. The van der Waals surface area contributed by atoms with Gasteiger partial charge in [-0.3, -0.25) is 4.98 Å². The van der Waals surface area contributed by atoms with Crippen LogP contribution in [0, 0.1) is 12.7 Å². The van der Waals surface area contributed by atoms with E-state index >= 15 is 0 Å². The molecule has 0 aromatic carbocycles. The lowest BCUT2D eigenvalue weighted by molar-refractivity contribution is 0.0240. The fraction of sp³-hybridized carbons (Fsp3) is 0.480. The standard InChI is InChI=1S/C25H30ClFN6O3/c1-14(2)18-19(15(3)7-8-28-18)33-22-16(13-17(27)20(26)29-22)21(30-23(33)34)31-9-11-32(12-10-31)24(35)36-25(4,5)6/h7-8,13-14H,9-12H2,1-6H3. The van der Waals surface area contributed by atoms with Gasteiger partial charge in [0.1, 0.15) is 11.4 Å². The maximum atomic E-state index is 14.6. The zero-order chi connectivity index (χ0) is 26.4. The predicted octanol–water partition coefficient (Wildman–Crippen LogP) is 4.46. The Balaban J connectivity index is 1.81. The van der Waals surface area contributed by atoms with Crippen molar-refractivity contribution in [3.8, 4) is 5.69 Å². The first-order chi connectivity index (χ1) is 16.9. The topological polar surface area (TPSA) is 93.5 Å². The Kier molecular flexibility index (Phi) is 6.92. The van der Waals surface area contributed by atoms with Gasteiger partial charge >= 0.3 is 11.8 Å². The van der Waals surface area contributed by atoms with Crippen molar-refractivity contribution < 1.29 is 13.9 Å². The summed E-state index contributed by atoms with van der Waals surface area (Å²) in [7, 11) is 0. The van der Waals surface area contributed by atoms with Crippen LogP contribution in [0.1, 0.15) is 51.8 Å². The number of aromatic nitrogens is 4. The van der Waals surface area contributed by atoms with Crippen molar-refractivity contribution in [2.75, 3.05) is 31.1 Å². The molecule has 3 aromatic rings. The van der Waals surface area contributed by atoms with Crippen LogP contribution in [-0.2, 0) is 4.74 Å². The number of hydrogen-bond acceptors (Lipinski definition) is 7. The second-order valence-corrected chi connectivity index (χ2v) is 10.5. The van der Waals surface area contributed by atoms with Crippen LogP contribution >= 0.6 is 11.6 Å². The molecular formula is C25H30ClFN6O3. The Morgan fingerprint density at radius 3 is 2.44 bits per heavy atom. The second kappa shape index (κ2) is 9.65. The minimum absolute atomic E-state index is 0.0124. The molecule has 0 spiro atoms. The van der Waals surface area contributed by atoms with E-state index in [9.17, 15) is 14.0 Å². The summed E-state index contributed by atoms with van der Waals surface area (Å²) < 4.78 is 21.5. The number of amides is 1. The zero-order valence-corrected chi connectivity index (χ0v) is 22.1. The van der Waals surface area contributed by atoms with Crippen molar-refractivity contribution in [2.24, 2.45) is 0 Å². The number of aryl methyl sites for hydroxylation is 1. The van der Waals surface area contributed by atoms with Gasteiger partial charge < -0.3 is 14.5 Å². The Labute approximate surface area is 213 Å². The zero-order valence-electron chi connectivity index (χ0n) is 21.3. The molecule has 1 amide bonds. The molecule has 0 atom stereocenters. The monoisotopic (exact) mass is 516 g/mol. The van der Waals surface area contributed by atoms with Gasteiger partial charge in [-0.1, -0.05) is 25.4 Å². The molecule has 1 aliphatic rings. The molecule has 1 fully saturated rings. The summed E-state index contributed by atoms with van der Waals surface area (Å²) in [5.41, 5.74) is 1.09. The van der Waals surface area contributed by atoms with E-state index in [-0.39, 0.29) is 16.7 Å². The first-order valence-electron chi connectivity index (χ1n) is 11.8. The average molecular weight is 517 g/mol. The molecule has 4 rings (SSSR count). The Hall–Kier alpha value is -3.27. The molecule has 0 N–H and O–H groups in total. The Morgan fingerprint density at radius 1 is 1.17 bits per heavy atom. The lowest BCUT2D eigenvalue weighted by Gasteiger charge is -2.36. The molecule has 36 heavy (non-hydrogen) atoms. The first-order valence-corrected chi connectivity index (χ1v) is 12.2. The molecule has 1 saturated heterocycles. The largest absolute Gasteiger partial charge is 0.444 e. The van der Waals surface area contributed by atoms with Gasteiger partial charge in [-0.25, -0.2) is 23.5 Å². The maximum absolute atomic E-state index is 14.6. The van der Waals surface area contributed by atoms with Crippen LogP contribution in [0.2, 0.25) is 5.15 Å². The van der Waals surface area contributed by atoms with E-state index < -0.39 is 23.2 Å². The van der Waals surface area contributed by atoms with E-state index in [1.54, 1.807) is 17.2 Å². The van der Waals surface area contributed by atoms with Gasteiger partial charge in [-0.2, -0.15) is 4.98 Å². The number of anilines is 1. The van der Waals surface area contributed by atoms with E-state index in [4.69, 9.17) is 16.3 Å². The smallest absolute Gasteiger partial charge is 0.410 e. The number of pyridine rings is 2. The van der Waals surface area contributed by atoms with Crippen molar-refractivity contribution in [3.63, 3.8) is 0 Å². The Morgan fingerprint density at radius 2 is 1.83 bits per heavy atom. The van der Waals surface area contributed by atoms with E-state index in [2.05, 4.69) is 15.0 Å². The summed E-state index contributed by atoms with van der Waals surface area (Å²) in [6.45, 7) is 12.8. The van der Waals surface area contributed by atoms with Crippen molar-refractivity contribution in [1.82, 2.24) is 24.4 Å². The molecule has 1 aliphatic heterocycles. The highest BCUT2D eigenvalue weighted by atomic mass is 35.5. The van der Waals surface area contributed by atoms with Gasteiger partial charge in [0.25, 0.3) is 0 Å². The average Bonchev–Trinajstić information content (AvgIpc) is 2.79. The highest BCUT2D eigenvalue weighted by molar-refractivity contribution is 6.30. The van der Waals surface area contributed by atoms with Crippen LogP contribution in [0.25, 0.3) is 16.7 Å². The third kappa shape index (κ3) is 5.00. The van der Waals surface area contributed by atoms with Crippen LogP contribution in [-0.4, -0.2) is 62.3 Å². The van der Waals surface area contributed by atoms with Crippen molar-refractivity contribution in [1.29, 1.82) is 0 Å². The van der Waals surface area contributed by atoms with Gasteiger partial charge in [0, 0.05) is 32.4 Å². The maximum Gasteiger partial charge on any atom is 0.410 e. The van der Waals surface area contributed by atoms with Crippen molar-refractivity contribution in [2.45, 2.75) is 53.1 Å². The molecule has 0 radical (unpaired) electrons. The van der Waals surface area contributed by atoms with Crippen LogP contribution in [0.5, 0.6) is 0 Å². The molecule has 9 nitrogen and oxygen atoms in total. The van der Waals surface area contributed by atoms with Crippen molar-refractivity contribution in [3.05, 3.63) is 51.0 Å². The number of hydrogen-bond donors (Lipinski definition) is 0. The van der Waals surface area contributed by atoms with Crippen LogP contribution in [0.4, 0.5) is 15.0 Å². The van der Waals surface area contributed by atoms with E-state index in [0.29, 0.717) is 48.8 Å². The SMILES string of the molecule is Cc1ccnc(C(C)C)c1-n1c(=O)nc(N2CCN(C(=O)OC(C)(C)C)CC2)c2cc(F)c(Cl)nc21. The molecule has 3 aromatic heterocycles. The Bertz CT molecular complexity index is 1380. The summed E-state index contributed by atoms with van der Waals surface area (Å²) in [6, 6.07) is 3.05. The second-order valence-electron chi connectivity index (χ2n) is 10.2. The van der Waals surface area contributed by atoms with E-state index in [0.717, 1.165) is 5.56 Å². The normalized spacial score (nSPS) is 14.6. The third-order valence-corrected chi connectivity index (χ3v) is 6.18. The van der Waals surface area contributed by atoms with E-state index in [1.165, 1.54) is 10.6 Å². The molecule has 11 heteroatoms. The molecule has 0 aliphatic carbocycles. The lowest BCUT2D eigenvalue weighted by atomic mass is 10.0. The molecule has 4 heterocycles. The van der Waals surface area contributed by atoms with Crippen LogP contribution in [0.3, 0.4) is 0 Å². The van der Waals surface area contributed by atoms with Crippen molar-refractivity contribution >= 4 is 34.5 Å². The summed E-state index contributed by atoms with van der Waals surface area (Å²) >= 11 is 6.08. The van der Waals surface area contributed by atoms with Gasteiger partial charge in [0.15, 0.2) is 16.6 Å². The fourth-order valence-corrected chi connectivity index (χ4v) is 4.37. The van der Waals surface area contributed by atoms with Gasteiger partial charge in [-0.15, -0.1) is 0 Å². The molecule has 0 bridgehead atoms. The minimum Gasteiger partial charge on any atom is -0.444 e. The van der Waals surface area contributed by atoms with Crippen LogP contribution in [0.15, 0.2) is 23.1 Å². The van der Waals surface area contributed by atoms with Gasteiger partial charge in [0.2, 0.25) is 0 Å². The first kappa shape index (κ1) is 25.8. The van der Waals surface area contributed by atoms with Crippen LogP contribution < -0.4 is 10.6 Å². The number of nitrogens with zero attached hydrogens (tertiary/aromatic N) is 6. The minimum atomic E-state index is -0.711. The highest BCUT2D eigenvalue weighted by Gasteiger charge is 2.29. The molecule has 0 saturated carbocycles. The highest BCUT2D eigenvalue weighted by Crippen LogP contribution is 2.31. The summed E-state index contributed by atoms with van der Waals surface area (Å²) in [5.74, 6) is -0.402. The predicted molar refractivity (Wildman–Crippen MR) is 137 cm³/mol. The fourth-order valence-electron chi connectivity index (χ4n) is 4.24. The summed E-state index contributed by atoms with van der Waals surface area (Å²) in [5, 5.41) is 0.00959. The number of rotatable bonds is 3. The van der Waals surface area contributed by atoms with Gasteiger partial charge in [-0.05, 0) is 51.3 Å². The number of halogens is 2. The quantitative estimate of drug-likeness (QED) is 0.474.